The Bertz CT molecular complexity index is 413. The fourth-order valence-corrected chi connectivity index (χ4v) is 1.63. The Kier molecular flexibility index (Phi) is 6.21. The van der Waals surface area contributed by atoms with E-state index in [-0.39, 0.29) is 18.9 Å². The third kappa shape index (κ3) is 5.55. The van der Waals surface area contributed by atoms with Gasteiger partial charge in [-0.05, 0) is 40.5 Å². The third-order valence-electron chi connectivity index (χ3n) is 2.11. The van der Waals surface area contributed by atoms with E-state index < -0.39 is 13.0 Å². The first-order valence-electron chi connectivity index (χ1n) is 5.41. The second-order valence-corrected chi connectivity index (χ2v) is 4.60. The van der Waals surface area contributed by atoms with Crippen molar-refractivity contribution < 1.29 is 18.3 Å². The van der Waals surface area contributed by atoms with Gasteiger partial charge in [-0.1, -0.05) is 6.07 Å². The Morgan fingerprint density at radius 3 is 2.89 bits per heavy atom. The number of ether oxygens (including phenoxy) is 1. The van der Waals surface area contributed by atoms with Crippen molar-refractivity contribution in [1.82, 2.24) is 0 Å². The van der Waals surface area contributed by atoms with E-state index in [0.29, 0.717) is 5.69 Å². The van der Waals surface area contributed by atoms with Gasteiger partial charge in [0.1, 0.15) is 6.61 Å². The SMILES string of the molecule is Cc1ccc(Br)c(NC(=O)CCOCC(F)F)c1. The number of carbonyl (C=O) groups is 1. The van der Waals surface area contributed by atoms with Crippen LogP contribution in [0.3, 0.4) is 0 Å². The van der Waals surface area contributed by atoms with Crippen molar-refractivity contribution in [2.75, 3.05) is 18.5 Å². The Labute approximate surface area is 113 Å². The number of nitrogens with one attached hydrogen (secondary N) is 1. The average molecular weight is 322 g/mol. The Hall–Kier alpha value is -1.01. The highest BCUT2D eigenvalue weighted by molar-refractivity contribution is 9.10. The number of amides is 1. The number of benzene rings is 1. The van der Waals surface area contributed by atoms with Gasteiger partial charge in [-0.25, -0.2) is 8.78 Å². The molecule has 18 heavy (non-hydrogen) atoms. The predicted molar refractivity (Wildman–Crippen MR) is 68.9 cm³/mol. The molecule has 0 saturated carbocycles. The smallest absolute Gasteiger partial charge is 0.261 e. The summed E-state index contributed by atoms with van der Waals surface area (Å²) in [7, 11) is 0. The molecule has 6 heteroatoms. The zero-order valence-electron chi connectivity index (χ0n) is 9.88. The van der Waals surface area contributed by atoms with Crippen LogP contribution in [-0.4, -0.2) is 25.5 Å². The van der Waals surface area contributed by atoms with Crippen molar-refractivity contribution in [3.63, 3.8) is 0 Å². The lowest BCUT2D eigenvalue weighted by Crippen LogP contribution is -2.16. The average Bonchev–Trinajstić information content (AvgIpc) is 2.29. The van der Waals surface area contributed by atoms with Gasteiger partial charge in [-0.2, -0.15) is 0 Å². The topological polar surface area (TPSA) is 38.3 Å². The van der Waals surface area contributed by atoms with E-state index in [1.54, 1.807) is 0 Å². The first-order valence-corrected chi connectivity index (χ1v) is 6.20. The zero-order valence-corrected chi connectivity index (χ0v) is 11.5. The summed E-state index contributed by atoms with van der Waals surface area (Å²) in [6.07, 6.45) is -2.45. The molecule has 0 bridgehead atoms. The number of rotatable bonds is 6. The third-order valence-corrected chi connectivity index (χ3v) is 2.80. The van der Waals surface area contributed by atoms with Crippen molar-refractivity contribution in [1.29, 1.82) is 0 Å². The van der Waals surface area contributed by atoms with Crippen molar-refractivity contribution in [3.05, 3.63) is 28.2 Å². The number of hydrogen-bond acceptors (Lipinski definition) is 2. The van der Waals surface area contributed by atoms with Crippen LogP contribution in [0.5, 0.6) is 0 Å². The molecule has 3 nitrogen and oxygen atoms in total. The van der Waals surface area contributed by atoms with Gasteiger partial charge in [0.2, 0.25) is 5.91 Å². The number of alkyl halides is 2. The van der Waals surface area contributed by atoms with Crippen LogP contribution in [0.2, 0.25) is 0 Å². The summed E-state index contributed by atoms with van der Waals surface area (Å²) in [4.78, 5) is 11.5. The molecule has 1 N–H and O–H groups in total. The lowest BCUT2D eigenvalue weighted by atomic mass is 10.2. The highest BCUT2D eigenvalue weighted by Gasteiger charge is 2.07. The number of carbonyl (C=O) groups excluding carboxylic acids is 1. The minimum Gasteiger partial charge on any atom is -0.375 e. The summed E-state index contributed by atoms with van der Waals surface area (Å²) in [5, 5.41) is 2.69. The van der Waals surface area contributed by atoms with Gasteiger partial charge in [0, 0.05) is 4.47 Å². The molecule has 0 saturated heterocycles. The second kappa shape index (κ2) is 7.43. The van der Waals surface area contributed by atoms with Gasteiger partial charge in [0.05, 0.1) is 18.7 Å². The van der Waals surface area contributed by atoms with Crippen LogP contribution >= 0.6 is 15.9 Å². The lowest BCUT2D eigenvalue weighted by molar-refractivity contribution is -0.117. The summed E-state index contributed by atoms with van der Waals surface area (Å²) in [5.74, 6) is -0.268. The van der Waals surface area contributed by atoms with Gasteiger partial charge >= 0.3 is 0 Å². The summed E-state index contributed by atoms with van der Waals surface area (Å²) in [6, 6.07) is 5.56. The Balaban J connectivity index is 2.38. The van der Waals surface area contributed by atoms with Crippen molar-refractivity contribution >= 4 is 27.5 Å². The van der Waals surface area contributed by atoms with E-state index in [0.717, 1.165) is 10.0 Å². The molecule has 1 aromatic rings. The molecule has 0 heterocycles. The van der Waals surface area contributed by atoms with Gasteiger partial charge in [0.25, 0.3) is 6.43 Å². The van der Waals surface area contributed by atoms with E-state index in [2.05, 4.69) is 26.0 Å². The van der Waals surface area contributed by atoms with Gasteiger partial charge < -0.3 is 10.1 Å². The number of aryl methyl sites for hydroxylation is 1. The quantitative estimate of drug-likeness (QED) is 0.816. The molecule has 0 fully saturated rings. The molecule has 1 amide bonds. The van der Waals surface area contributed by atoms with Crippen LogP contribution in [0.4, 0.5) is 14.5 Å². The molecule has 0 aliphatic rings. The normalized spacial score (nSPS) is 10.7. The first-order chi connectivity index (χ1) is 8.49. The van der Waals surface area contributed by atoms with Crippen LogP contribution in [-0.2, 0) is 9.53 Å². The molecule has 1 rings (SSSR count). The fraction of sp³-hybridized carbons (Fsp3) is 0.417. The zero-order chi connectivity index (χ0) is 13.5. The summed E-state index contributed by atoms with van der Waals surface area (Å²) in [6.45, 7) is 1.26. The van der Waals surface area contributed by atoms with E-state index in [4.69, 9.17) is 0 Å². The molecule has 0 radical (unpaired) electrons. The molecule has 0 atom stereocenters. The molecule has 0 aliphatic carbocycles. The standard InChI is InChI=1S/C12H14BrF2NO2/c1-8-2-3-9(13)10(6-8)16-12(17)4-5-18-7-11(14)15/h2-3,6,11H,4-5,7H2,1H3,(H,16,17). The molecular weight excluding hydrogens is 308 g/mol. The maximum atomic E-state index is 11.8. The van der Waals surface area contributed by atoms with Crippen molar-refractivity contribution in [2.45, 2.75) is 19.8 Å². The van der Waals surface area contributed by atoms with E-state index in [9.17, 15) is 13.6 Å². The van der Waals surface area contributed by atoms with Crippen LogP contribution in [0, 0.1) is 6.92 Å². The fourth-order valence-electron chi connectivity index (χ4n) is 1.28. The molecular formula is C12H14BrF2NO2. The minimum absolute atomic E-state index is 0.0143. The van der Waals surface area contributed by atoms with Crippen LogP contribution in [0.25, 0.3) is 0 Å². The Morgan fingerprint density at radius 1 is 1.50 bits per heavy atom. The van der Waals surface area contributed by atoms with Crippen molar-refractivity contribution in [3.8, 4) is 0 Å². The number of hydrogen-bond donors (Lipinski definition) is 1. The van der Waals surface area contributed by atoms with E-state index >= 15 is 0 Å². The molecule has 0 unspecified atom stereocenters. The highest BCUT2D eigenvalue weighted by Crippen LogP contribution is 2.23. The number of anilines is 1. The molecule has 0 aliphatic heterocycles. The van der Waals surface area contributed by atoms with Crippen LogP contribution < -0.4 is 5.32 Å². The second-order valence-electron chi connectivity index (χ2n) is 3.75. The van der Waals surface area contributed by atoms with Gasteiger partial charge in [0.15, 0.2) is 0 Å². The molecule has 0 aromatic heterocycles. The van der Waals surface area contributed by atoms with Crippen LogP contribution in [0.1, 0.15) is 12.0 Å². The van der Waals surface area contributed by atoms with Gasteiger partial charge in [-0.3, -0.25) is 4.79 Å². The largest absolute Gasteiger partial charge is 0.375 e. The Morgan fingerprint density at radius 2 is 2.22 bits per heavy atom. The molecule has 1 aromatic carbocycles. The maximum Gasteiger partial charge on any atom is 0.261 e. The van der Waals surface area contributed by atoms with Gasteiger partial charge in [-0.15, -0.1) is 0 Å². The summed E-state index contributed by atoms with van der Waals surface area (Å²) >= 11 is 3.31. The molecule has 0 spiro atoms. The van der Waals surface area contributed by atoms with E-state index in [1.807, 2.05) is 25.1 Å². The van der Waals surface area contributed by atoms with Crippen molar-refractivity contribution in [2.24, 2.45) is 0 Å². The van der Waals surface area contributed by atoms with E-state index in [1.165, 1.54) is 0 Å². The first kappa shape index (κ1) is 15.0. The summed E-state index contributed by atoms with van der Waals surface area (Å²) < 4.78 is 29.0. The highest BCUT2D eigenvalue weighted by atomic mass is 79.9. The summed E-state index contributed by atoms with van der Waals surface area (Å²) in [5.41, 5.74) is 1.68. The monoisotopic (exact) mass is 321 g/mol. The number of halogens is 3. The minimum atomic E-state index is -2.50. The maximum absolute atomic E-state index is 11.8. The lowest BCUT2D eigenvalue weighted by Gasteiger charge is -2.08. The van der Waals surface area contributed by atoms with Crippen LogP contribution in [0.15, 0.2) is 22.7 Å². The molecule has 100 valence electrons. The predicted octanol–water partition coefficient (Wildman–Crippen LogP) is 3.37.